The summed E-state index contributed by atoms with van der Waals surface area (Å²) in [4.78, 5) is 3.59. The molecule has 0 aliphatic heterocycles. The number of nitrogens with zero attached hydrogens (tertiary/aromatic N) is 1. The van der Waals surface area contributed by atoms with Gasteiger partial charge in [0, 0.05) is 12.2 Å². The number of hydrogen-bond donors (Lipinski definition) is 1. The largest absolute Gasteiger partial charge is 0.261 e. The van der Waals surface area contributed by atoms with Crippen LogP contribution < -0.4 is 4.72 Å². The molecular formula is C12H19FN2O2S. The minimum absolute atomic E-state index is 0.228. The fourth-order valence-corrected chi connectivity index (χ4v) is 3.28. The van der Waals surface area contributed by atoms with Crippen LogP contribution in [0.2, 0.25) is 0 Å². The average molecular weight is 274 g/mol. The third-order valence-corrected chi connectivity index (χ3v) is 4.57. The van der Waals surface area contributed by atoms with E-state index in [1.54, 1.807) is 6.92 Å². The van der Waals surface area contributed by atoms with Crippen molar-refractivity contribution in [2.75, 3.05) is 0 Å². The summed E-state index contributed by atoms with van der Waals surface area (Å²) in [6, 6.07) is 2.20. The second-order valence-electron chi connectivity index (χ2n) is 4.28. The van der Waals surface area contributed by atoms with E-state index in [1.165, 1.54) is 12.3 Å². The smallest absolute Gasteiger partial charge is 0.241 e. The normalized spacial score (nSPS) is 13.8. The highest BCUT2D eigenvalue weighted by Crippen LogP contribution is 2.16. The predicted octanol–water partition coefficient (Wildman–Crippen LogP) is 2.32. The molecule has 0 aliphatic carbocycles. The number of hydrogen-bond acceptors (Lipinski definition) is 3. The van der Waals surface area contributed by atoms with Crippen molar-refractivity contribution in [3.8, 4) is 0 Å². The summed E-state index contributed by atoms with van der Waals surface area (Å²) in [5.41, 5.74) is 0. The zero-order valence-electron chi connectivity index (χ0n) is 10.9. The molecule has 0 spiro atoms. The van der Waals surface area contributed by atoms with Gasteiger partial charge in [0.15, 0.2) is 5.82 Å². The van der Waals surface area contributed by atoms with E-state index in [4.69, 9.17) is 0 Å². The van der Waals surface area contributed by atoms with E-state index >= 15 is 0 Å². The molecule has 0 radical (unpaired) electrons. The molecule has 0 saturated carbocycles. The Balaban J connectivity index is 2.93. The lowest BCUT2D eigenvalue weighted by molar-refractivity contribution is 0.389. The van der Waals surface area contributed by atoms with Gasteiger partial charge in [0.05, 0.1) is 0 Å². The molecule has 1 rings (SSSR count). The quantitative estimate of drug-likeness (QED) is 0.866. The van der Waals surface area contributed by atoms with E-state index in [-0.39, 0.29) is 12.0 Å². The minimum Gasteiger partial charge on any atom is -0.241 e. The van der Waals surface area contributed by atoms with Crippen LogP contribution in [-0.2, 0) is 10.0 Å². The van der Waals surface area contributed by atoms with Gasteiger partial charge in [0.25, 0.3) is 10.0 Å². The molecule has 6 heteroatoms. The predicted molar refractivity (Wildman–Crippen MR) is 68.1 cm³/mol. The van der Waals surface area contributed by atoms with Gasteiger partial charge in [0.1, 0.15) is 0 Å². The van der Waals surface area contributed by atoms with Gasteiger partial charge < -0.3 is 0 Å². The van der Waals surface area contributed by atoms with Crippen LogP contribution in [0, 0.1) is 11.7 Å². The summed E-state index contributed by atoms with van der Waals surface area (Å²) in [6.07, 6.45) is 3.00. The first-order chi connectivity index (χ1) is 8.42. The van der Waals surface area contributed by atoms with Crippen molar-refractivity contribution >= 4 is 10.0 Å². The number of sulfonamides is 1. The molecule has 1 aromatic heterocycles. The summed E-state index contributed by atoms with van der Waals surface area (Å²) in [5.74, 6) is -0.603. The number of halogens is 1. The molecule has 0 amide bonds. The van der Waals surface area contributed by atoms with Gasteiger partial charge in [-0.3, -0.25) is 0 Å². The number of pyridine rings is 1. The Morgan fingerprint density at radius 2 is 2.00 bits per heavy atom. The maximum Gasteiger partial charge on any atom is 0.261 e. The van der Waals surface area contributed by atoms with Crippen LogP contribution in [0.4, 0.5) is 4.39 Å². The Bertz CT molecular complexity index is 487. The van der Waals surface area contributed by atoms with Gasteiger partial charge in [-0.25, -0.2) is 22.5 Å². The van der Waals surface area contributed by atoms with Crippen LogP contribution in [0.5, 0.6) is 0 Å². The van der Waals surface area contributed by atoms with Gasteiger partial charge in [0.2, 0.25) is 5.03 Å². The van der Waals surface area contributed by atoms with Gasteiger partial charge in [-0.2, -0.15) is 0 Å². The van der Waals surface area contributed by atoms with Crippen LogP contribution in [0.25, 0.3) is 0 Å². The zero-order chi connectivity index (χ0) is 13.8. The highest BCUT2D eigenvalue weighted by Gasteiger charge is 2.25. The number of aromatic nitrogens is 1. The summed E-state index contributed by atoms with van der Waals surface area (Å²) in [6.45, 7) is 5.79. The second kappa shape index (κ2) is 6.24. The fourth-order valence-electron chi connectivity index (χ4n) is 1.96. The Morgan fingerprint density at radius 3 is 2.50 bits per heavy atom. The van der Waals surface area contributed by atoms with Gasteiger partial charge in [-0.1, -0.05) is 26.7 Å². The Kier molecular flexibility index (Phi) is 5.22. The molecule has 1 aromatic rings. The summed E-state index contributed by atoms with van der Waals surface area (Å²) < 4.78 is 39.9. The number of rotatable bonds is 6. The lowest BCUT2D eigenvalue weighted by Gasteiger charge is -2.22. The molecular weight excluding hydrogens is 255 g/mol. The molecule has 1 heterocycles. The molecule has 1 N–H and O–H groups in total. The molecule has 1 unspecified atom stereocenters. The monoisotopic (exact) mass is 274 g/mol. The summed E-state index contributed by atoms with van der Waals surface area (Å²) in [7, 11) is -3.89. The Labute approximate surface area is 108 Å². The lowest BCUT2D eigenvalue weighted by Crippen LogP contribution is -2.38. The first-order valence-electron chi connectivity index (χ1n) is 6.05. The van der Waals surface area contributed by atoms with Crippen LogP contribution >= 0.6 is 0 Å². The molecule has 0 bridgehead atoms. The molecule has 18 heavy (non-hydrogen) atoms. The van der Waals surface area contributed by atoms with E-state index in [0.717, 1.165) is 18.9 Å². The Hall–Kier alpha value is -1.01. The SMILES string of the molecule is CCC(CC)C(C)NS(=O)(=O)c1ncccc1F. The minimum atomic E-state index is -3.89. The molecule has 1 atom stereocenters. The molecule has 0 saturated heterocycles. The third-order valence-electron chi connectivity index (χ3n) is 3.08. The molecule has 4 nitrogen and oxygen atoms in total. The highest BCUT2D eigenvalue weighted by atomic mass is 32.2. The van der Waals surface area contributed by atoms with Crippen LogP contribution in [-0.4, -0.2) is 19.4 Å². The summed E-state index contributed by atoms with van der Waals surface area (Å²) >= 11 is 0. The van der Waals surface area contributed by atoms with E-state index in [2.05, 4.69) is 9.71 Å². The standard InChI is InChI=1S/C12H19FN2O2S/c1-4-10(5-2)9(3)15-18(16,17)12-11(13)7-6-8-14-12/h6-10,15H,4-5H2,1-3H3. The van der Waals surface area contributed by atoms with E-state index < -0.39 is 20.9 Å². The zero-order valence-corrected chi connectivity index (χ0v) is 11.7. The van der Waals surface area contributed by atoms with Crippen LogP contribution in [0.3, 0.4) is 0 Å². The van der Waals surface area contributed by atoms with Crippen molar-refractivity contribution < 1.29 is 12.8 Å². The van der Waals surface area contributed by atoms with Crippen molar-refractivity contribution in [1.82, 2.24) is 9.71 Å². The van der Waals surface area contributed by atoms with Crippen molar-refractivity contribution in [2.24, 2.45) is 5.92 Å². The topological polar surface area (TPSA) is 59.1 Å². The fraction of sp³-hybridized carbons (Fsp3) is 0.583. The Morgan fingerprint density at radius 1 is 1.39 bits per heavy atom. The van der Waals surface area contributed by atoms with Crippen molar-refractivity contribution in [3.05, 3.63) is 24.1 Å². The summed E-state index contributed by atoms with van der Waals surface area (Å²) in [5, 5.41) is -0.539. The maximum atomic E-state index is 13.4. The van der Waals surface area contributed by atoms with Crippen molar-refractivity contribution in [3.63, 3.8) is 0 Å². The molecule has 0 aliphatic rings. The third kappa shape index (κ3) is 3.49. The van der Waals surface area contributed by atoms with Gasteiger partial charge in [-0.05, 0) is 25.0 Å². The van der Waals surface area contributed by atoms with E-state index in [9.17, 15) is 12.8 Å². The first-order valence-corrected chi connectivity index (χ1v) is 7.53. The van der Waals surface area contributed by atoms with E-state index in [0.29, 0.717) is 0 Å². The van der Waals surface area contributed by atoms with E-state index in [1.807, 2.05) is 13.8 Å². The van der Waals surface area contributed by atoms with Crippen LogP contribution in [0.1, 0.15) is 33.6 Å². The van der Waals surface area contributed by atoms with Crippen molar-refractivity contribution in [2.45, 2.75) is 44.7 Å². The first kappa shape index (κ1) is 15.0. The number of nitrogens with one attached hydrogen (secondary N) is 1. The average Bonchev–Trinajstić information content (AvgIpc) is 2.30. The highest BCUT2D eigenvalue weighted by molar-refractivity contribution is 7.89. The second-order valence-corrected chi connectivity index (χ2v) is 5.91. The lowest BCUT2D eigenvalue weighted by atomic mass is 9.96. The maximum absolute atomic E-state index is 13.4. The van der Waals surface area contributed by atoms with Gasteiger partial charge in [-0.15, -0.1) is 0 Å². The van der Waals surface area contributed by atoms with Crippen molar-refractivity contribution in [1.29, 1.82) is 0 Å². The van der Waals surface area contributed by atoms with Gasteiger partial charge >= 0.3 is 0 Å². The molecule has 102 valence electrons. The molecule has 0 aromatic carbocycles. The van der Waals surface area contributed by atoms with Crippen LogP contribution in [0.15, 0.2) is 23.4 Å². The molecule has 0 fully saturated rings.